The predicted molar refractivity (Wildman–Crippen MR) is 92.0 cm³/mol. The Kier molecular flexibility index (Phi) is 5.02. The molecule has 0 aromatic heterocycles. The second kappa shape index (κ2) is 6.99. The molecular formula is C19H24ClNO. The third kappa shape index (κ3) is 3.15. The van der Waals surface area contributed by atoms with Crippen molar-refractivity contribution in [2.24, 2.45) is 11.8 Å². The van der Waals surface area contributed by atoms with Crippen LogP contribution in [0.5, 0.6) is 0 Å². The van der Waals surface area contributed by atoms with Gasteiger partial charge in [0.25, 0.3) is 0 Å². The first-order valence-corrected chi connectivity index (χ1v) is 8.54. The lowest BCUT2D eigenvalue weighted by atomic mass is 9.71. The second-order valence-corrected chi connectivity index (χ2v) is 6.81. The fourth-order valence-electron chi connectivity index (χ4n) is 3.95. The molecule has 1 heterocycles. The Morgan fingerprint density at radius 2 is 2.00 bits per heavy atom. The first-order chi connectivity index (χ1) is 10.7. The van der Waals surface area contributed by atoms with Crippen molar-refractivity contribution in [2.75, 3.05) is 13.2 Å². The van der Waals surface area contributed by atoms with Gasteiger partial charge in [0, 0.05) is 23.6 Å². The average Bonchev–Trinajstić information content (AvgIpc) is 2.68. The van der Waals surface area contributed by atoms with Crippen LogP contribution in [0.1, 0.15) is 31.2 Å². The SMILES string of the molecule is CC1=CC2C(C=C1Cl)CCNC(CCO)[C@@H]2c1ccccc1. The normalized spacial score (nSPS) is 31.8. The summed E-state index contributed by atoms with van der Waals surface area (Å²) >= 11 is 6.36. The molecule has 1 aromatic rings. The first kappa shape index (κ1) is 15.8. The summed E-state index contributed by atoms with van der Waals surface area (Å²) in [6.07, 6.45) is 6.46. The average molecular weight is 318 g/mol. The van der Waals surface area contributed by atoms with Crippen LogP contribution in [-0.4, -0.2) is 24.3 Å². The summed E-state index contributed by atoms with van der Waals surface area (Å²) in [6, 6.07) is 11.0. The van der Waals surface area contributed by atoms with Crippen molar-refractivity contribution in [2.45, 2.75) is 31.7 Å². The maximum Gasteiger partial charge on any atom is 0.0446 e. The Morgan fingerprint density at radius 1 is 1.23 bits per heavy atom. The Morgan fingerprint density at radius 3 is 2.73 bits per heavy atom. The number of benzene rings is 1. The fourth-order valence-corrected chi connectivity index (χ4v) is 4.17. The van der Waals surface area contributed by atoms with Gasteiger partial charge in [0.1, 0.15) is 0 Å². The van der Waals surface area contributed by atoms with Crippen molar-refractivity contribution in [3.8, 4) is 0 Å². The van der Waals surface area contributed by atoms with Gasteiger partial charge >= 0.3 is 0 Å². The van der Waals surface area contributed by atoms with Crippen molar-refractivity contribution in [3.05, 3.63) is 58.7 Å². The zero-order chi connectivity index (χ0) is 15.5. The molecule has 1 fully saturated rings. The molecule has 1 aliphatic carbocycles. The molecule has 0 bridgehead atoms. The van der Waals surface area contributed by atoms with E-state index in [2.05, 4.69) is 54.7 Å². The molecule has 22 heavy (non-hydrogen) atoms. The predicted octanol–water partition coefficient (Wildman–Crippen LogP) is 3.83. The van der Waals surface area contributed by atoms with Gasteiger partial charge in [-0.15, -0.1) is 0 Å². The van der Waals surface area contributed by atoms with Gasteiger partial charge in [-0.3, -0.25) is 0 Å². The molecule has 1 saturated heterocycles. The van der Waals surface area contributed by atoms with Crippen molar-refractivity contribution in [1.82, 2.24) is 5.32 Å². The maximum atomic E-state index is 9.48. The van der Waals surface area contributed by atoms with Gasteiger partial charge in [-0.25, -0.2) is 0 Å². The van der Waals surface area contributed by atoms with Crippen LogP contribution >= 0.6 is 11.6 Å². The zero-order valence-electron chi connectivity index (χ0n) is 13.0. The summed E-state index contributed by atoms with van der Waals surface area (Å²) in [5, 5.41) is 14.0. The summed E-state index contributed by atoms with van der Waals surface area (Å²) in [5.74, 6) is 1.28. The highest BCUT2D eigenvalue weighted by molar-refractivity contribution is 6.32. The minimum atomic E-state index is 0.220. The monoisotopic (exact) mass is 317 g/mol. The number of aliphatic hydroxyl groups is 1. The van der Waals surface area contributed by atoms with Crippen molar-refractivity contribution < 1.29 is 5.11 Å². The highest BCUT2D eigenvalue weighted by Gasteiger charge is 2.37. The quantitative estimate of drug-likeness (QED) is 0.888. The third-order valence-corrected chi connectivity index (χ3v) is 5.45. The Hall–Kier alpha value is -1.09. The maximum absolute atomic E-state index is 9.48. The van der Waals surface area contributed by atoms with Gasteiger partial charge in [-0.2, -0.15) is 0 Å². The van der Waals surface area contributed by atoms with Gasteiger partial charge in [-0.1, -0.05) is 54.1 Å². The molecule has 1 aromatic carbocycles. The minimum absolute atomic E-state index is 0.220. The van der Waals surface area contributed by atoms with Crippen LogP contribution in [0.2, 0.25) is 0 Å². The topological polar surface area (TPSA) is 32.3 Å². The van der Waals surface area contributed by atoms with Crippen molar-refractivity contribution in [1.29, 1.82) is 0 Å². The van der Waals surface area contributed by atoms with E-state index in [0.29, 0.717) is 23.8 Å². The van der Waals surface area contributed by atoms with E-state index in [4.69, 9.17) is 11.6 Å². The molecule has 118 valence electrons. The van der Waals surface area contributed by atoms with Gasteiger partial charge in [-0.05, 0) is 49.3 Å². The van der Waals surface area contributed by atoms with Gasteiger partial charge in [0.15, 0.2) is 0 Å². The van der Waals surface area contributed by atoms with E-state index in [-0.39, 0.29) is 6.61 Å². The lowest BCUT2D eigenvalue weighted by molar-refractivity contribution is 0.244. The van der Waals surface area contributed by atoms with Crippen molar-refractivity contribution in [3.63, 3.8) is 0 Å². The summed E-state index contributed by atoms with van der Waals surface area (Å²) in [4.78, 5) is 0. The van der Waals surface area contributed by atoms with Crippen LogP contribution in [-0.2, 0) is 0 Å². The molecular weight excluding hydrogens is 294 g/mol. The molecule has 2 nitrogen and oxygen atoms in total. The second-order valence-electron chi connectivity index (χ2n) is 6.40. The van der Waals surface area contributed by atoms with E-state index in [0.717, 1.165) is 24.4 Å². The van der Waals surface area contributed by atoms with E-state index >= 15 is 0 Å². The summed E-state index contributed by atoms with van der Waals surface area (Å²) in [6.45, 7) is 3.29. The molecule has 0 spiro atoms. The number of fused-ring (bicyclic) bond motifs is 1. The van der Waals surface area contributed by atoms with Gasteiger partial charge in [0.2, 0.25) is 0 Å². The molecule has 2 N–H and O–H groups in total. The van der Waals surface area contributed by atoms with Crippen LogP contribution in [0.4, 0.5) is 0 Å². The number of allylic oxidation sites excluding steroid dienone is 4. The van der Waals surface area contributed by atoms with Crippen LogP contribution in [0.15, 0.2) is 53.1 Å². The van der Waals surface area contributed by atoms with Crippen LogP contribution in [0.25, 0.3) is 0 Å². The number of hydrogen-bond donors (Lipinski definition) is 2. The molecule has 4 atom stereocenters. The Bertz CT molecular complexity index is 566. The van der Waals surface area contributed by atoms with E-state index in [9.17, 15) is 5.11 Å². The summed E-state index contributed by atoms with van der Waals surface area (Å²) < 4.78 is 0. The highest BCUT2D eigenvalue weighted by Crippen LogP contribution is 2.43. The van der Waals surface area contributed by atoms with Crippen LogP contribution in [0, 0.1) is 11.8 Å². The summed E-state index contributed by atoms with van der Waals surface area (Å²) in [7, 11) is 0. The lowest BCUT2D eigenvalue weighted by Gasteiger charge is -2.35. The first-order valence-electron chi connectivity index (χ1n) is 8.16. The number of nitrogens with one attached hydrogen (secondary N) is 1. The van der Waals surface area contributed by atoms with E-state index in [1.165, 1.54) is 11.1 Å². The molecule has 0 radical (unpaired) electrons. The summed E-state index contributed by atoms with van der Waals surface area (Å²) in [5.41, 5.74) is 2.52. The van der Waals surface area contributed by atoms with Gasteiger partial charge < -0.3 is 10.4 Å². The Labute approximate surface area is 137 Å². The standard InChI is InChI=1S/C19H24ClNO/c1-13-11-16-15(12-17(13)20)7-9-21-18(8-10-22)19(16)14-5-3-2-4-6-14/h2-6,11-12,15-16,18-19,21-22H,7-10H2,1H3/t15?,16?,18?,19-/m1/s1. The molecule has 3 unspecified atom stereocenters. The molecule has 0 amide bonds. The zero-order valence-corrected chi connectivity index (χ0v) is 13.8. The number of hydrogen-bond acceptors (Lipinski definition) is 2. The third-order valence-electron chi connectivity index (χ3n) is 5.03. The molecule has 3 rings (SSSR count). The number of rotatable bonds is 3. The minimum Gasteiger partial charge on any atom is -0.396 e. The van der Waals surface area contributed by atoms with Crippen LogP contribution in [0.3, 0.4) is 0 Å². The van der Waals surface area contributed by atoms with E-state index < -0.39 is 0 Å². The fraction of sp³-hybridized carbons (Fsp3) is 0.474. The van der Waals surface area contributed by atoms with E-state index in [1.54, 1.807) is 0 Å². The molecule has 0 saturated carbocycles. The van der Waals surface area contributed by atoms with Crippen LogP contribution < -0.4 is 5.32 Å². The highest BCUT2D eigenvalue weighted by atomic mass is 35.5. The Balaban J connectivity index is 2.01. The number of aliphatic hydroxyl groups excluding tert-OH is 1. The van der Waals surface area contributed by atoms with Crippen molar-refractivity contribution >= 4 is 11.6 Å². The number of halogens is 1. The lowest BCUT2D eigenvalue weighted by Crippen LogP contribution is -2.37. The largest absolute Gasteiger partial charge is 0.396 e. The smallest absolute Gasteiger partial charge is 0.0446 e. The molecule has 2 aliphatic rings. The van der Waals surface area contributed by atoms with Gasteiger partial charge in [0.05, 0.1) is 0 Å². The molecule has 1 aliphatic heterocycles. The molecule has 3 heteroatoms. The van der Waals surface area contributed by atoms with E-state index in [1.807, 2.05) is 0 Å².